The number of hydrogen-bond acceptors (Lipinski definition) is 4. The summed E-state index contributed by atoms with van der Waals surface area (Å²) in [6.07, 6.45) is 7.67. The highest BCUT2D eigenvalue weighted by atomic mass is 16.5. The molecule has 2 aliphatic heterocycles. The third-order valence-electron chi connectivity index (χ3n) is 4.52. The average Bonchev–Trinajstić information content (AvgIpc) is 3.07. The number of carbonyl (C=O) groups excluding carboxylic acids is 1. The number of likely N-dealkylation sites (N-methyl/N-ethyl adjacent to an activating group) is 1. The molecule has 2 fully saturated rings. The molecule has 1 aromatic heterocycles. The zero-order valence-corrected chi connectivity index (χ0v) is 12.9. The summed E-state index contributed by atoms with van der Waals surface area (Å²) >= 11 is 0. The van der Waals surface area contributed by atoms with E-state index in [0.717, 1.165) is 32.4 Å². The van der Waals surface area contributed by atoms with Gasteiger partial charge in [-0.2, -0.15) is 0 Å². The summed E-state index contributed by atoms with van der Waals surface area (Å²) in [5.74, 6) is 0.0546. The van der Waals surface area contributed by atoms with Crippen molar-refractivity contribution in [2.75, 3.05) is 33.7 Å². The molecule has 1 amide bonds. The normalized spacial score (nSPS) is 29.5. The second-order valence-corrected chi connectivity index (χ2v) is 6.57. The van der Waals surface area contributed by atoms with E-state index in [9.17, 15) is 4.79 Å². The summed E-state index contributed by atoms with van der Waals surface area (Å²) in [6.45, 7) is 2.44. The van der Waals surface area contributed by atoms with E-state index in [-0.39, 0.29) is 17.6 Å². The van der Waals surface area contributed by atoms with Crippen LogP contribution in [-0.2, 0) is 4.74 Å². The van der Waals surface area contributed by atoms with E-state index >= 15 is 0 Å². The lowest BCUT2D eigenvalue weighted by Crippen LogP contribution is -2.46. The van der Waals surface area contributed by atoms with Crippen LogP contribution in [0.25, 0.3) is 0 Å². The van der Waals surface area contributed by atoms with Crippen LogP contribution in [0.5, 0.6) is 0 Å². The predicted molar refractivity (Wildman–Crippen MR) is 79.2 cm³/mol. The average molecular weight is 292 g/mol. The van der Waals surface area contributed by atoms with Gasteiger partial charge in [0.15, 0.2) is 0 Å². The number of ether oxygens (including phenoxy) is 1. The zero-order valence-electron chi connectivity index (χ0n) is 12.9. The van der Waals surface area contributed by atoms with Gasteiger partial charge in [0, 0.05) is 13.1 Å². The van der Waals surface area contributed by atoms with Crippen LogP contribution in [0.3, 0.4) is 0 Å². The van der Waals surface area contributed by atoms with Crippen LogP contribution in [0.15, 0.2) is 23.0 Å². The SMILES string of the molecule is CN(C)C[C@H]1CCC[C@]2(CCN(C(=O)c3ccoc3)C2)O1. The van der Waals surface area contributed by atoms with Gasteiger partial charge in [0.1, 0.15) is 6.26 Å². The zero-order chi connectivity index (χ0) is 14.9. The van der Waals surface area contributed by atoms with Crippen LogP contribution >= 0.6 is 0 Å². The van der Waals surface area contributed by atoms with E-state index in [1.807, 2.05) is 4.90 Å². The van der Waals surface area contributed by atoms with Crippen LogP contribution in [0.4, 0.5) is 0 Å². The van der Waals surface area contributed by atoms with Gasteiger partial charge in [-0.1, -0.05) is 0 Å². The minimum absolute atomic E-state index is 0.0546. The fraction of sp³-hybridized carbons (Fsp3) is 0.688. The highest BCUT2D eigenvalue weighted by Crippen LogP contribution is 2.37. The van der Waals surface area contributed by atoms with Crippen molar-refractivity contribution in [2.45, 2.75) is 37.4 Å². The first kappa shape index (κ1) is 14.6. The second-order valence-electron chi connectivity index (χ2n) is 6.57. The molecule has 5 heteroatoms. The van der Waals surface area contributed by atoms with Gasteiger partial charge in [-0.25, -0.2) is 0 Å². The molecular formula is C16H24N2O3. The number of furan rings is 1. The van der Waals surface area contributed by atoms with E-state index in [4.69, 9.17) is 9.15 Å². The van der Waals surface area contributed by atoms with E-state index in [2.05, 4.69) is 19.0 Å². The van der Waals surface area contributed by atoms with Gasteiger partial charge < -0.3 is 19.0 Å². The minimum atomic E-state index is -0.127. The van der Waals surface area contributed by atoms with E-state index < -0.39 is 0 Å². The van der Waals surface area contributed by atoms with Crippen molar-refractivity contribution in [3.05, 3.63) is 24.2 Å². The van der Waals surface area contributed by atoms with E-state index in [1.165, 1.54) is 12.7 Å². The monoisotopic (exact) mass is 292 g/mol. The van der Waals surface area contributed by atoms with E-state index in [1.54, 1.807) is 12.3 Å². The summed E-state index contributed by atoms with van der Waals surface area (Å²) < 4.78 is 11.4. The first-order valence-electron chi connectivity index (χ1n) is 7.72. The first-order chi connectivity index (χ1) is 10.1. The topological polar surface area (TPSA) is 45.9 Å². The molecule has 2 aliphatic rings. The molecule has 1 spiro atoms. The van der Waals surface area contributed by atoms with Crippen LogP contribution in [-0.4, -0.2) is 61.1 Å². The van der Waals surface area contributed by atoms with Crippen LogP contribution in [0.1, 0.15) is 36.0 Å². The Bertz CT molecular complexity index is 486. The molecule has 2 atom stereocenters. The Labute approximate surface area is 125 Å². The van der Waals surface area contributed by atoms with Crippen LogP contribution in [0.2, 0.25) is 0 Å². The van der Waals surface area contributed by atoms with Crippen molar-refractivity contribution in [1.29, 1.82) is 0 Å². The Morgan fingerprint density at radius 2 is 2.33 bits per heavy atom. The predicted octanol–water partition coefficient (Wildman–Crippen LogP) is 1.99. The van der Waals surface area contributed by atoms with Gasteiger partial charge in [-0.05, 0) is 45.8 Å². The molecule has 0 aromatic carbocycles. The summed E-state index contributed by atoms with van der Waals surface area (Å²) in [4.78, 5) is 16.5. The van der Waals surface area contributed by atoms with Crippen molar-refractivity contribution >= 4 is 5.91 Å². The van der Waals surface area contributed by atoms with Gasteiger partial charge in [0.2, 0.25) is 0 Å². The minimum Gasteiger partial charge on any atom is -0.472 e. The second kappa shape index (κ2) is 5.81. The fourth-order valence-corrected chi connectivity index (χ4v) is 3.55. The van der Waals surface area contributed by atoms with Crippen molar-refractivity contribution in [3.63, 3.8) is 0 Å². The van der Waals surface area contributed by atoms with E-state index in [0.29, 0.717) is 12.1 Å². The third kappa shape index (κ3) is 3.14. The molecule has 0 bridgehead atoms. The molecule has 3 rings (SSSR count). The quantitative estimate of drug-likeness (QED) is 0.855. The Balaban J connectivity index is 1.64. The van der Waals surface area contributed by atoms with Crippen LogP contribution in [0, 0.1) is 0 Å². The smallest absolute Gasteiger partial charge is 0.257 e. The molecule has 5 nitrogen and oxygen atoms in total. The van der Waals surface area contributed by atoms with Crippen molar-refractivity contribution in [3.8, 4) is 0 Å². The lowest BCUT2D eigenvalue weighted by atomic mass is 9.90. The Morgan fingerprint density at radius 3 is 3.05 bits per heavy atom. The van der Waals surface area contributed by atoms with Gasteiger partial charge in [-0.3, -0.25) is 4.79 Å². The molecular weight excluding hydrogens is 268 g/mol. The number of nitrogens with zero attached hydrogens (tertiary/aromatic N) is 2. The molecule has 0 aliphatic carbocycles. The summed E-state index contributed by atoms with van der Waals surface area (Å²) in [6, 6.07) is 1.73. The standard InChI is InChI=1S/C16H24N2O3/c1-17(2)10-14-4-3-6-16(21-14)7-8-18(12-16)15(19)13-5-9-20-11-13/h5,9,11,14H,3-4,6-8,10,12H2,1-2H3/t14-,16-/m1/s1. The molecule has 116 valence electrons. The highest BCUT2D eigenvalue weighted by molar-refractivity contribution is 5.94. The number of rotatable bonds is 3. The highest BCUT2D eigenvalue weighted by Gasteiger charge is 2.44. The number of carbonyl (C=O) groups is 1. The van der Waals surface area contributed by atoms with Gasteiger partial charge >= 0.3 is 0 Å². The number of hydrogen-bond donors (Lipinski definition) is 0. The van der Waals surface area contributed by atoms with Crippen molar-refractivity contribution in [1.82, 2.24) is 9.80 Å². The molecule has 1 aromatic rings. The Hall–Kier alpha value is -1.33. The van der Waals surface area contributed by atoms with Gasteiger partial charge in [-0.15, -0.1) is 0 Å². The molecule has 3 heterocycles. The fourth-order valence-electron chi connectivity index (χ4n) is 3.55. The molecule has 2 saturated heterocycles. The molecule has 0 unspecified atom stereocenters. The maximum Gasteiger partial charge on any atom is 0.257 e. The van der Waals surface area contributed by atoms with Gasteiger partial charge in [0.25, 0.3) is 5.91 Å². The third-order valence-corrected chi connectivity index (χ3v) is 4.52. The number of likely N-dealkylation sites (tertiary alicyclic amines) is 1. The maximum atomic E-state index is 12.4. The maximum absolute atomic E-state index is 12.4. The lowest BCUT2D eigenvalue weighted by Gasteiger charge is -2.39. The molecule has 0 radical (unpaired) electrons. The number of amides is 1. The largest absolute Gasteiger partial charge is 0.472 e. The summed E-state index contributed by atoms with van der Waals surface area (Å²) in [5, 5.41) is 0. The van der Waals surface area contributed by atoms with Crippen molar-refractivity contribution < 1.29 is 13.9 Å². The molecule has 21 heavy (non-hydrogen) atoms. The molecule has 0 saturated carbocycles. The van der Waals surface area contributed by atoms with Gasteiger partial charge in [0.05, 0.1) is 30.1 Å². The van der Waals surface area contributed by atoms with Crippen LogP contribution < -0.4 is 0 Å². The first-order valence-corrected chi connectivity index (χ1v) is 7.72. The summed E-state index contributed by atoms with van der Waals surface area (Å²) in [5.41, 5.74) is 0.505. The lowest BCUT2D eigenvalue weighted by molar-refractivity contribution is -0.124. The van der Waals surface area contributed by atoms with Crippen molar-refractivity contribution in [2.24, 2.45) is 0 Å². The molecule has 0 N–H and O–H groups in total. The Kier molecular flexibility index (Phi) is 4.04. The Morgan fingerprint density at radius 1 is 1.48 bits per heavy atom. The summed E-state index contributed by atoms with van der Waals surface area (Å²) in [7, 11) is 4.15.